The second-order valence-corrected chi connectivity index (χ2v) is 6.69. The van der Waals surface area contributed by atoms with E-state index in [4.69, 9.17) is 9.47 Å². The first kappa shape index (κ1) is 17.9. The molecule has 2 aromatic carbocycles. The van der Waals surface area contributed by atoms with Gasteiger partial charge in [0.05, 0.1) is 0 Å². The second kappa shape index (κ2) is 7.60. The molecule has 1 amide bonds. The van der Waals surface area contributed by atoms with Gasteiger partial charge in [-0.05, 0) is 54.8 Å². The van der Waals surface area contributed by atoms with Crippen molar-refractivity contribution in [2.45, 2.75) is 20.4 Å². The number of fused-ring (bicyclic) bond motifs is 1. The fraction of sp³-hybridized carbons (Fsp3) is 0.182. The van der Waals surface area contributed by atoms with Gasteiger partial charge in [-0.1, -0.05) is 24.3 Å². The zero-order valence-electron chi connectivity index (χ0n) is 15.8. The third kappa shape index (κ3) is 3.76. The van der Waals surface area contributed by atoms with Gasteiger partial charge in [0.1, 0.15) is 5.69 Å². The van der Waals surface area contributed by atoms with Crippen LogP contribution in [0.3, 0.4) is 0 Å². The molecule has 0 saturated carbocycles. The van der Waals surface area contributed by atoms with Crippen molar-refractivity contribution < 1.29 is 14.3 Å². The first-order valence-corrected chi connectivity index (χ1v) is 9.06. The highest BCUT2D eigenvalue weighted by Gasteiger charge is 2.14. The number of aromatic nitrogens is 1. The minimum Gasteiger partial charge on any atom is -0.454 e. The molecule has 1 aromatic heterocycles. The Hall–Kier alpha value is -3.54. The Morgan fingerprint density at radius 2 is 1.82 bits per heavy atom. The van der Waals surface area contributed by atoms with Crippen molar-refractivity contribution in [3.63, 3.8) is 0 Å². The highest BCUT2D eigenvalue weighted by atomic mass is 16.7. The fourth-order valence-corrected chi connectivity index (χ4v) is 3.11. The number of pyridine rings is 1. The lowest BCUT2D eigenvalue weighted by molar-refractivity contribution is 0.0946. The van der Waals surface area contributed by atoms with Crippen LogP contribution in [-0.4, -0.2) is 17.7 Å². The summed E-state index contributed by atoms with van der Waals surface area (Å²) in [5, 5.41) is 6.28. The highest BCUT2D eigenvalue weighted by molar-refractivity contribution is 5.93. The molecule has 0 unspecified atom stereocenters. The molecular formula is C22H21N3O3. The van der Waals surface area contributed by atoms with Crippen LogP contribution in [0.1, 0.15) is 27.2 Å². The molecule has 28 heavy (non-hydrogen) atoms. The zero-order valence-corrected chi connectivity index (χ0v) is 15.8. The number of nitrogens with one attached hydrogen (secondary N) is 2. The van der Waals surface area contributed by atoms with Gasteiger partial charge in [-0.25, -0.2) is 0 Å². The van der Waals surface area contributed by atoms with E-state index in [1.807, 2.05) is 30.3 Å². The molecule has 0 atom stereocenters. The Morgan fingerprint density at radius 1 is 1.04 bits per heavy atom. The summed E-state index contributed by atoms with van der Waals surface area (Å²) in [5.74, 6) is 1.19. The summed E-state index contributed by atoms with van der Waals surface area (Å²) in [7, 11) is 0. The number of hydrogen-bond donors (Lipinski definition) is 2. The Balaban J connectivity index is 1.44. The fourth-order valence-electron chi connectivity index (χ4n) is 3.11. The molecule has 2 N–H and O–H groups in total. The number of nitrogens with zero attached hydrogens (tertiary/aromatic N) is 1. The molecule has 142 valence electrons. The van der Waals surface area contributed by atoms with Crippen LogP contribution in [0, 0.1) is 13.8 Å². The van der Waals surface area contributed by atoms with Crippen LogP contribution < -0.4 is 20.1 Å². The van der Waals surface area contributed by atoms with Gasteiger partial charge in [0.15, 0.2) is 11.5 Å². The van der Waals surface area contributed by atoms with Gasteiger partial charge in [0.25, 0.3) is 5.91 Å². The largest absolute Gasteiger partial charge is 0.454 e. The number of carbonyl (C=O) groups excluding carboxylic acids is 1. The van der Waals surface area contributed by atoms with Gasteiger partial charge >= 0.3 is 0 Å². The van der Waals surface area contributed by atoms with Gasteiger partial charge in [0.2, 0.25) is 6.79 Å². The Bertz CT molecular complexity index is 1010. The molecule has 6 nitrogen and oxygen atoms in total. The quantitative estimate of drug-likeness (QED) is 0.702. The van der Waals surface area contributed by atoms with Crippen LogP contribution in [0.5, 0.6) is 11.5 Å². The molecule has 0 aliphatic carbocycles. The minimum atomic E-state index is -0.233. The molecule has 6 heteroatoms. The standard InChI is InChI=1S/C22H21N3O3/c1-14-4-3-5-15(2)21(14)25-17-8-9-23-18(11-17)22(26)24-12-16-6-7-19-20(10-16)28-13-27-19/h3-11H,12-13H2,1-2H3,(H,23,25)(H,24,26). The van der Waals surface area contributed by atoms with E-state index in [1.54, 1.807) is 12.3 Å². The smallest absolute Gasteiger partial charge is 0.270 e. The Labute approximate surface area is 163 Å². The maximum atomic E-state index is 12.5. The van der Waals surface area contributed by atoms with E-state index in [-0.39, 0.29) is 12.7 Å². The average Bonchev–Trinajstić information content (AvgIpc) is 3.17. The third-order valence-electron chi connectivity index (χ3n) is 4.63. The second-order valence-electron chi connectivity index (χ2n) is 6.69. The van der Waals surface area contributed by atoms with Crippen molar-refractivity contribution in [2.75, 3.05) is 12.1 Å². The van der Waals surface area contributed by atoms with Crippen LogP contribution in [-0.2, 0) is 6.54 Å². The number of aryl methyl sites for hydroxylation is 2. The van der Waals surface area contributed by atoms with Crippen molar-refractivity contribution in [1.82, 2.24) is 10.3 Å². The summed E-state index contributed by atoms with van der Waals surface area (Å²) in [6.07, 6.45) is 1.63. The van der Waals surface area contributed by atoms with Crippen LogP contribution in [0.2, 0.25) is 0 Å². The normalized spacial score (nSPS) is 11.9. The van der Waals surface area contributed by atoms with Crippen molar-refractivity contribution >= 4 is 17.3 Å². The Kier molecular flexibility index (Phi) is 4.85. The van der Waals surface area contributed by atoms with Crippen molar-refractivity contribution in [3.8, 4) is 11.5 Å². The minimum absolute atomic E-state index is 0.231. The van der Waals surface area contributed by atoms with E-state index < -0.39 is 0 Å². The lowest BCUT2D eigenvalue weighted by Gasteiger charge is -2.13. The maximum absolute atomic E-state index is 12.5. The molecule has 0 fully saturated rings. The van der Waals surface area contributed by atoms with E-state index in [1.165, 1.54) is 0 Å². The van der Waals surface area contributed by atoms with Crippen LogP contribution in [0.4, 0.5) is 11.4 Å². The van der Waals surface area contributed by atoms with E-state index in [9.17, 15) is 4.79 Å². The molecule has 2 heterocycles. The lowest BCUT2D eigenvalue weighted by atomic mass is 10.1. The monoisotopic (exact) mass is 375 g/mol. The summed E-state index contributed by atoms with van der Waals surface area (Å²) in [5.41, 5.74) is 5.44. The maximum Gasteiger partial charge on any atom is 0.270 e. The number of benzene rings is 2. The molecule has 4 rings (SSSR count). The van der Waals surface area contributed by atoms with E-state index >= 15 is 0 Å². The summed E-state index contributed by atoms with van der Waals surface area (Å²) in [6, 6.07) is 15.3. The van der Waals surface area contributed by atoms with Crippen LogP contribution in [0.15, 0.2) is 54.7 Å². The zero-order chi connectivity index (χ0) is 19.5. The van der Waals surface area contributed by atoms with Crippen molar-refractivity contribution in [3.05, 3.63) is 77.1 Å². The average molecular weight is 375 g/mol. The number of rotatable bonds is 5. The van der Waals surface area contributed by atoms with Crippen molar-refractivity contribution in [1.29, 1.82) is 0 Å². The predicted octanol–water partition coefficient (Wildman–Crippen LogP) is 4.10. The molecule has 0 bridgehead atoms. The van der Waals surface area contributed by atoms with Crippen molar-refractivity contribution in [2.24, 2.45) is 0 Å². The number of anilines is 2. The first-order chi connectivity index (χ1) is 13.6. The summed E-state index contributed by atoms with van der Waals surface area (Å²) >= 11 is 0. The number of para-hydroxylation sites is 1. The SMILES string of the molecule is Cc1cccc(C)c1Nc1ccnc(C(=O)NCc2ccc3c(c2)OCO3)c1. The van der Waals surface area contributed by atoms with Crippen LogP contribution >= 0.6 is 0 Å². The van der Waals surface area contributed by atoms with Gasteiger partial charge in [-0.15, -0.1) is 0 Å². The van der Waals surface area contributed by atoms with Gasteiger partial charge < -0.3 is 20.1 Å². The summed E-state index contributed by atoms with van der Waals surface area (Å²) < 4.78 is 10.7. The molecule has 0 spiro atoms. The highest BCUT2D eigenvalue weighted by Crippen LogP contribution is 2.32. The van der Waals surface area contributed by atoms with Crippen LogP contribution in [0.25, 0.3) is 0 Å². The molecule has 1 aliphatic heterocycles. The summed E-state index contributed by atoms with van der Waals surface area (Å²) in [6.45, 7) is 4.71. The topological polar surface area (TPSA) is 72.5 Å². The number of amides is 1. The molecule has 1 aliphatic rings. The lowest BCUT2D eigenvalue weighted by Crippen LogP contribution is -2.23. The molecule has 3 aromatic rings. The molecule has 0 radical (unpaired) electrons. The van der Waals surface area contributed by atoms with Gasteiger partial charge in [0, 0.05) is 24.1 Å². The predicted molar refractivity (Wildman–Crippen MR) is 107 cm³/mol. The molecule has 0 saturated heterocycles. The summed E-state index contributed by atoms with van der Waals surface area (Å²) in [4.78, 5) is 16.7. The number of carbonyl (C=O) groups is 1. The first-order valence-electron chi connectivity index (χ1n) is 9.06. The molecular weight excluding hydrogens is 354 g/mol. The van der Waals surface area contributed by atoms with E-state index in [0.29, 0.717) is 18.0 Å². The van der Waals surface area contributed by atoms with E-state index in [2.05, 4.69) is 41.6 Å². The number of ether oxygens (including phenoxy) is 2. The van der Waals surface area contributed by atoms with Gasteiger partial charge in [-0.3, -0.25) is 9.78 Å². The number of hydrogen-bond acceptors (Lipinski definition) is 5. The van der Waals surface area contributed by atoms with E-state index in [0.717, 1.165) is 33.8 Å². The third-order valence-corrected chi connectivity index (χ3v) is 4.63. The van der Waals surface area contributed by atoms with Gasteiger partial charge in [-0.2, -0.15) is 0 Å². The Morgan fingerprint density at radius 3 is 2.64 bits per heavy atom.